The van der Waals surface area contributed by atoms with Gasteiger partial charge in [0.2, 0.25) is 0 Å². The number of ether oxygens (including phenoxy) is 5. The van der Waals surface area contributed by atoms with Crippen molar-refractivity contribution in [3.05, 3.63) is 53.6 Å². The third-order valence-electron chi connectivity index (χ3n) is 5.51. The first-order chi connectivity index (χ1) is 14.1. The summed E-state index contributed by atoms with van der Waals surface area (Å²) in [5, 5.41) is 9.45. The van der Waals surface area contributed by atoms with Crippen molar-refractivity contribution in [2.45, 2.75) is 31.1 Å². The van der Waals surface area contributed by atoms with Crippen molar-refractivity contribution >= 4 is 0 Å². The standard InChI is InChI=1S/C23H30O6/c1-23(17-6-8-18(9-7-17)28-15-25-2)14-27-22-13-19(29-16-26-3)10-11-20(22)21(23)5-4-12-24/h6-11,13,21,24H,4-5,12,14-16H2,1-3H3. The SMILES string of the molecule is COCOc1ccc(C2(C)COc3cc(OCOC)ccc3C2CCCO)cc1. The molecule has 0 saturated heterocycles. The molecule has 0 amide bonds. The number of fused-ring (bicyclic) bond motifs is 1. The molecule has 0 bridgehead atoms. The first-order valence-corrected chi connectivity index (χ1v) is 9.84. The van der Waals surface area contributed by atoms with Crippen LogP contribution in [0.4, 0.5) is 0 Å². The molecule has 2 atom stereocenters. The number of aliphatic hydroxyl groups is 1. The van der Waals surface area contributed by atoms with Crippen LogP contribution in [0.2, 0.25) is 0 Å². The molecule has 0 aliphatic carbocycles. The predicted molar refractivity (Wildman–Crippen MR) is 110 cm³/mol. The second-order valence-corrected chi connectivity index (χ2v) is 7.45. The first-order valence-electron chi connectivity index (χ1n) is 9.84. The zero-order chi connectivity index (χ0) is 20.7. The van der Waals surface area contributed by atoms with Gasteiger partial charge in [0.25, 0.3) is 0 Å². The average molecular weight is 402 g/mol. The Bertz CT molecular complexity index is 775. The van der Waals surface area contributed by atoms with Crippen LogP contribution in [-0.4, -0.2) is 46.1 Å². The average Bonchev–Trinajstić information content (AvgIpc) is 2.76. The highest BCUT2D eigenvalue weighted by molar-refractivity contribution is 5.48. The summed E-state index contributed by atoms with van der Waals surface area (Å²) in [7, 11) is 3.20. The molecule has 158 valence electrons. The minimum atomic E-state index is -0.225. The van der Waals surface area contributed by atoms with Crippen LogP contribution < -0.4 is 14.2 Å². The van der Waals surface area contributed by atoms with Crippen molar-refractivity contribution in [1.82, 2.24) is 0 Å². The highest BCUT2D eigenvalue weighted by Crippen LogP contribution is 2.49. The Morgan fingerprint density at radius 1 is 1.00 bits per heavy atom. The molecule has 29 heavy (non-hydrogen) atoms. The normalized spacial score (nSPS) is 20.6. The zero-order valence-corrected chi connectivity index (χ0v) is 17.3. The van der Waals surface area contributed by atoms with E-state index in [2.05, 4.69) is 25.1 Å². The van der Waals surface area contributed by atoms with Crippen LogP contribution in [-0.2, 0) is 14.9 Å². The third kappa shape index (κ3) is 4.83. The van der Waals surface area contributed by atoms with Crippen LogP contribution >= 0.6 is 0 Å². The van der Waals surface area contributed by atoms with E-state index in [1.807, 2.05) is 24.3 Å². The van der Waals surface area contributed by atoms with Gasteiger partial charge in [0.05, 0.1) is 6.61 Å². The smallest absolute Gasteiger partial charge is 0.188 e. The lowest BCUT2D eigenvalue weighted by molar-refractivity contribution is 0.0505. The molecule has 2 unspecified atom stereocenters. The minimum Gasteiger partial charge on any atom is -0.492 e. The Kier molecular flexibility index (Phi) is 7.36. The third-order valence-corrected chi connectivity index (χ3v) is 5.51. The molecule has 0 radical (unpaired) electrons. The van der Waals surface area contributed by atoms with Gasteiger partial charge in [0, 0.05) is 38.2 Å². The van der Waals surface area contributed by atoms with Gasteiger partial charge in [-0.25, -0.2) is 0 Å². The van der Waals surface area contributed by atoms with Crippen molar-refractivity contribution in [2.24, 2.45) is 0 Å². The van der Waals surface area contributed by atoms with Crippen LogP contribution in [0.25, 0.3) is 0 Å². The summed E-state index contributed by atoms with van der Waals surface area (Å²) in [5.74, 6) is 2.53. The van der Waals surface area contributed by atoms with E-state index in [1.54, 1.807) is 14.2 Å². The fourth-order valence-electron chi connectivity index (χ4n) is 3.93. The molecule has 1 aliphatic rings. The molecule has 1 heterocycles. The van der Waals surface area contributed by atoms with Gasteiger partial charge in [-0.15, -0.1) is 0 Å². The van der Waals surface area contributed by atoms with Crippen LogP contribution in [0.5, 0.6) is 17.2 Å². The van der Waals surface area contributed by atoms with Crippen molar-refractivity contribution in [3.8, 4) is 17.2 Å². The topological polar surface area (TPSA) is 66.4 Å². The van der Waals surface area contributed by atoms with Crippen molar-refractivity contribution in [3.63, 3.8) is 0 Å². The number of methoxy groups -OCH3 is 2. The number of rotatable bonds is 10. The lowest BCUT2D eigenvalue weighted by Crippen LogP contribution is -2.40. The minimum absolute atomic E-state index is 0.168. The predicted octanol–water partition coefficient (Wildman–Crippen LogP) is 3.86. The van der Waals surface area contributed by atoms with Crippen LogP contribution in [0.3, 0.4) is 0 Å². The lowest BCUT2D eigenvalue weighted by atomic mass is 9.66. The summed E-state index contributed by atoms with van der Waals surface area (Å²) < 4.78 is 27.2. The van der Waals surface area contributed by atoms with E-state index in [-0.39, 0.29) is 31.5 Å². The summed E-state index contributed by atoms with van der Waals surface area (Å²) >= 11 is 0. The Morgan fingerprint density at radius 3 is 2.31 bits per heavy atom. The van der Waals surface area contributed by atoms with Gasteiger partial charge in [-0.1, -0.05) is 25.1 Å². The largest absolute Gasteiger partial charge is 0.492 e. The van der Waals surface area contributed by atoms with E-state index in [1.165, 1.54) is 5.56 Å². The molecule has 6 heteroatoms. The van der Waals surface area contributed by atoms with Crippen LogP contribution in [0, 0.1) is 0 Å². The maximum Gasteiger partial charge on any atom is 0.188 e. The summed E-state index contributed by atoms with van der Waals surface area (Å²) in [6, 6.07) is 14.0. The van der Waals surface area contributed by atoms with E-state index in [0.29, 0.717) is 6.61 Å². The molecule has 0 fully saturated rings. The molecule has 2 aromatic carbocycles. The molecule has 2 aromatic rings. The van der Waals surface area contributed by atoms with Crippen molar-refractivity contribution in [1.29, 1.82) is 0 Å². The Labute approximate surface area is 172 Å². The van der Waals surface area contributed by atoms with Gasteiger partial charge in [-0.2, -0.15) is 0 Å². The van der Waals surface area contributed by atoms with E-state index >= 15 is 0 Å². The van der Waals surface area contributed by atoms with Crippen molar-refractivity contribution in [2.75, 3.05) is 41.0 Å². The molecule has 0 saturated carbocycles. The molecule has 1 aliphatic heterocycles. The molecule has 6 nitrogen and oxygen atoms in total. The number of aliphatic hydroxyl groups excluding tert-OH is 1. The second kappa shape index (κ2) is 9.96. The van der Waals surface area contributed by atoms with Crippen molar-refractivity contribution < 1.29 is 28.8 Å². The number of hydrogen-bond donors (Lipinski definition) is 1. The van der Waals surface area contributed by atoms with Gasteiger partial charge in [-0.05, 0) is 42.2 Å². The Balaban J connectivity index is 1.89. The summed E-state index contributed by atoms with van der Waals surface area (Å²) in [5.41, 5.74) is 2.09. The molecule has 0 spiro atoms. The van der Waals surface area contributed by atoms with E-state index in [4.69, 9.17) is 23.7 Å². The molecule has 0 aromatic heterocycles. The number of hydrogen-bond acceptors (Lipinski definition) is 6. The van der Waals surface area contributed by atoms with Gasteiger partial charge in [0.15, 0.2) is 13.6 Å². The first kappa shape index (κ1) is 21.4. The van der Waals surface area contributed by atoms with Crippen LogP contribution in [0.15, 0.2) is 42.5 Å². The molecular weight excluding hydrogens is 372 g/mol. The summed E-state index contributed by atoms with van der Waals surface area (Å²) in [6.07, 6.45) is 1.60. The van der Waals surface area contributed by atoms with E-state index in [0.717, 1.165) is 35.7 Å². The highest BCUT2D eigenvalue weighted by atomic mass is 16.7. The van der Waals surface area contributed by atoms with Gasteiger partial charge in [-0.3, -0.25) is 0 Å². The molecular formula is C23H30O6. The molecule has 3 rings (SSSR count). The zero-order valence-electron chi connectivity index (χ0n) is 17.3. The van der Waals surface area contributed by atoms with Crippen LogP contribution in [0.1, 0.15) is 36.8 Å². The van der Waals surface area contributed by atoms with E-state index < -0.39 is 0 Å². The summed E-state index contributed by atoms with van der Waals surface area (Å²) in [4.78, 5) is 0. The van der Waals surface area contributed by atoms with Gasteiger partial charge < -0.3 is 28.8 Å². The Hall–Kier alpha value is -2.28. The summed E-state index contributed by atoms with van der Waals surface area (Å²) in [6.45, 7) is 3.35. The highest BCUT2D eigenvalue weighted by Gasteiger charge is 2.42. The Morgan fingerprint density at radius 2 is 1.66 bits per heavy atom. The fraction of sp³-hybridized carbons (Fsp3) is 0.478. The lowest BCUT2D eigenvalue weighted by Gasteiger charge is -2.43. The fourth-order valence-corrected chi connectivity index (χ4v) is 3.93. The quantitative estimate of drug-likeness (QED) is 0.609. The monoisotopic (exact) mass is 402 g/mol. The van der Waals surface area contributed by atoms with Gasteiger partial charge in [0.1, 0.15) is 17.2 Å². The van der Waals surface area contributed by atoms with Gasteiger partial charge >= 0.3 is 0 Å². The maximum absolute atomic E-state index is 9.45. The maximum atomic E-state index is 9.45. The second-order valence-electron chi connectivity index (χ2n) is 7.45. The molecule has 1 N–H and O–H groups in total. The number of benzene rings is 2. The van der Waals surface area contributed by atoms with E-state index in [9.17, 15) is 5.11 Å².